The molecule has 0 aliphatic carbocycles. The first-order valence-corrected chi connectivity index (χ1v) is 3.03. The zero-order valence-electron chi connectivity index (χ0n) is 6.25. The summed E-state index contributed by atoms with van der Waals surface area (Å²) in [5.41, 5.74) is 0. The largest absolute Gasteiger partial charge is 0.493 e. The Hall–Kier alpha value is -1.45. The molecule has 0 saturated heterocycles. The number of carbonyl (C=O) groups is 1. The van der Waals surface area contributed by atoms with Crippen molar-refractivity contribution in [3.63, 3.8) is 0 Å². The molecule has 0 bridgehead atoms. The molecule has 4 heteroatoms. The molecular weight excluding hydrogens is 148 g/mol. The van der Waals surface area contributed by atoms with Crippen LogP contribution in [-0.2, 0) is 0 Å². The van der Waals surface area contributed by atoms with E-state index in [2.05, 4.69) is 0 Å². The van der Waals surface area contributed by atoms with E-state index in [1.807, 2.05) is 0 Å². The van der Waals surface area contributed by atoms with Gasteiger partial charge < -0.3 is 14.3 Å². The molecule has 0 aliphatic heterocycles. The van der Waals surface area contributed by atoms with Gasteiger partial charge in [0, 0.05) is 6.07 Å². The van der Waals surface area contributed by atoms with Gasteiger partial charge in [0.15, 0.2) is 5.75 Å². The molecule has 1 heterocycles. The monoisotopic (exact) mass is 156 g/mol. The van der Waals surface area contributed by atoms with Gasteiger partial charge in [0.05, 0.1) is 7.11 Å². The van der Waals surface area contributed by atoms with Crippen LogP contribution in [0, 0.1) is 6.92 Å². The van der Waals surface area contributed by atoms with E-state index in [-0.39, 0.29) is 5.76 Å². The molecule has 1 rings (SSSR count). The maximum Gasteiger partial charge on any atom is 0.371 e. The van der Waals surface area contributed by atoms with E-state index in [9.17, 15) is 4.79 Å². The van der Waals surface area contributed by atoms with Crippen LogP contribution >= 0.6 is 0 Å². The van der Waals surface area contributed by atoms with Crippen LogP contribution < -0.4 is 4.74 Å². The van der Waals surface area contributed by atoms with Crippen molar-refractivity contribution in [3.8, 4) is 5.75 Å². The number of carboxylic acids is 1. The fraction of sp³-hybridized carbons (Fsp3) is 0.286. The molecule has 0 atom stereocenters. The number of hydrogen-bond acceptors (Lipinski definition) is 3. The molecule has 0 fully saturated rings. The van der Waals surface area contributed by atoms with Gasteiger partial charge in [-0.3, -0.25) is 0 Å². The Bertz CT molecular complexity index is 274. The Kier molecular flexibility index (Phi) is 1.85. The van der Waals surface area contributed by atoms with Crippen LogP contribution in [0.2, 0.25) is 0 Å². The number of ether oxygens (including phenoxy) is 1. The highest BCUT2D eigenvalue weighted by Gasteiger charge is 2.12. The number of furan rings is 1. The van der Waals surface area contributed by atoms with Crippen molar-refractivity contribution in [2.24, 2.45) is 0 Å². The van der Waals surface area contributed by atoms with Gasteiger partial charge in [-0.25, -0.2) is 4.79 Å². The predicted octanol–water partition coefficient (Wildman–Crippen LogP) is 1.29. The summed E-state index contributed by atoms with van der Waals surface area (Å²) in [6.45, 7) is 1.64. The van der Waals surface area contributed by atoms with E-state index in [1.54, 1.807) is 6.92 Å². The smallest absolute Gasteiger partial charge is 0.371 e. The van der Waals surface area contributed by atoms with E-state index >= 15 is 0 Å². The molecule has 11 heavy (non-hydrogen) atoms. The summed E-state index contributed by atoms with van der Waals surface area (Å²) in [7, 11) is 1.46. The van der Waals surface area contributed by atoms with Crippen molar-refractivity contribution in [3.05, 3.63) is 17.6 Å². The van der Waals surface area contributed by atoms with Crippen LogP contribution in [0.1, 0.15) is 16.3 Å². The summed E-state index contributed by atoms with van der Waals surface area (Å²) < 4.78 is 9.66. The first kappa shape index (κ1) is 7.65. The average molecular weight is 156 g/mol. The fourth-order valence-electron chi connectivity index (χ4n) is 0.773. The summed E-state index contributed by atoms with van der Waals surface area (Å²) >= 11 is 0. The Balaban J connectivity index is 3.05. The summed E-state index contributed by atoms with van der Waals surface area (Å²) in [4.78, 5) is 10.3. The highest BCUT2D eigenvalue weighted by molar-refractivity contribution is 5.85. The summed E-state index contributed by atoms with van der Waals surface area (Å²) in [5, 5.41) is 8.47. The molecule has 0 saturated carbocycles. The van der Waals surface area contributed by atoms with Crippen molar-refractivity contribution in [2.75, 3.05) is 7.11 Å². The van der Waals surface area contributed by atoms with Crippen LogP contribution in [-0.4, -0.2) is 18.2 Å². The average Bonchev–Trinajstić information content (AvgIpc) is 2.31. The number of hydrogen-bond donors (Lipinski definition) is 1. The molecule has 0 aliphatic rings. The molecule has 1 aromatic rings. The van der Waals surface area contributed by atoms with Crippen molar-refractivity contribution in [2.45, 2.75) is 6.92 Å². The topological polar surface area (TPSA) is 59.7 Å². The van der Waals surface area contributed by atoms with E-state index in [0.717, 1.165) is 0 Å². The SMILES string of the molecule is COc1cc(C(=O)O)oc1C. The standard InChI is InChI=1S/C7H8O4/c1-4-5(10-2)3-6(11-4)7(8)9/h3H,1-2H3,(H,8,9). The van der Waals surface area contributed by atoms with Gasteiger partial charge in [-0.2, -0.15) is 0 Å². The normalized spacial score (nSPS) is 9.64. The zero-order chi connectivity index (χ0) is 8.43. The second kappa shape index (κ2) is 2.65. The van der Waals surface area contributed by atoms with Crippen molar-refractivity contribution in [1.29, 1.82) is 0 Å². The second-order valence-electron chi connectivity index (χ2n) is 2.04. The lowest BCUT2D eigenvalue weighted by Gasteiger charge is -1.91. The lowest BCUT2D eigenvalue weighted by atomic mass is 10.4. The second-order valence-corrected chi connectivity index (χ2v) is 2.04. The first-order valence-electron chi connectivity index (χ1n) is 3.03. The molecule has 0 radical (unpaired) electrons. The van der Waals surface area contributed by atoms with Gasteiger partial charge in [-0.1, -0.05) is 0 Å². The Morgan fingerprint density at radius 3 is 2.64 bits per heavy atom. The molecule has 0 amide bonds. The number of methoxy groups -OCH3 is 1. The Labute approximate surface area is 63.4 Å². The molecule has 0 unspecified atom stereocenters. The Morgan fingerprint density at radius 1 is 1.73 bits per heavy atom. The summed E-state index contributed by atoms with van der Waals surface area (Å²) in [6.07, 6.45) is 0. The third-order valence-corrected chi connectivity index (χ3v) is 1.30. The van der Waals surface area contributed by atoms with E-state index in [0.29, 0.717) is 11.5 Å². The molecule has 60 valence electrons. The van der Waals surface area contributed by atoms with Gasteiger partial charge in [-0.05, 0) is 6.92 Å². The highest BCUT2D eigenvalue weighted by Crippen LogP contribution is 2.21. The van der Waals surface area contributed by atoms with Crippen molar-refractivity contribution in [1.82, 2.24) is 0 Å². The third kappa shape index (κ3) is 1.34. The number of rotatable bonds is 2. The predicted molar refractivity (Wildman–Crippen MR) is 37.0 cm³/mol. The summed E-state index contributed by atoms with van der Waals surface area (Å²) in [6, 6.07) is 1.34. The van der Waals surface area contributed by atoms with Crippen molar-refractivity contribution >= 4 is 5.97 Å². The van der Waals surface area contributed by atoms with Crippen LogP contribution in [0.3, 0.4) is 0 Å². The number of carboxylic acid groups (broad SMARTS) is 1. The maximum absolute atomic E-state index is 10.3. The van der Waals surface area contributed by atoms with Gasteiger partial charge >= 0.3 is 5.97 Å². The van der Waals surface area contributed by atoms with Gasteiger partial charge in [0.1, 0.15) is 5.76 Å². The van der Waals surface area contributed by atoms with E-state index < -0.39 is 5.97 Å². The van der Waals surface area contributed by atoms with Gasteiger partial charge in [-0.15, -0.1) is 0 Å². The maximum atomic E-state index is 10.3. The number of aromatic carboxylic acids is 1. The first-order chi connectivity index (χ1) is 5.15. The van der Waals surface area contributed by atoms with Crippen LogP contribution in [0.15, 0.2) is 10.5 Å². The zero-order valence-corrected chi connectivity index (χ0v) is 6.25. The lowest BCUT2D eigenvalue weighted by Crippen LogP contribution is -1.91. The minimum absolute atomic E-state index is 0.0978. The van der Waals surface area contributed by atoms with Crippen LogP contribution in [0.25, 0.3) is 0 Å². The van der Waals surface area contributed by atoms with Crippen molar-refractivity contribution < 1.29 is 19.1 Å². The quantitative estimate of drug-likeness (QED) is 0.700. The molecule has 4 nitrogen and oxygen atoms in total. The summed E-state index contributed by atoms with van der Waals surface area (Å²) in [5.74, 6) is -0.247. The van der Waals surface area contributed by atoms with E-state index in [1.165, 1.54) is 13.2 Å². The Morgan fingerprint density at radius 2 is 2.36 bits per heavy atom. The molecule has 1 N–H and O–H groups in total. The third-order valence-electron chi connectivity index (χ3n) is 1.30. The number of aryl methyl sites for hydroxylation is 1. The molecule has 0 spiro atoms. The molecular formula is C7H8O4. The van der Waals surface area contributed by atoms with E-state index in [4.69, 9.17) is 14.3 Å². The van der Waals surface area contributed by atoms with Crippen LogP contribution in [0.4, 0.5) is 0 Å². The van der Waals surface area contributed by atoms with Gasteiger partial charge in [0.25, 0.3) is 0 Å². The molecule has 0 aromatic carbocycles. The fourth-order valence-corrected chi connectivity index (χ4v) is 0.773. The minimum atomic E-state index is -1.09. The van der Waals surface area contributed by atoms with Gasteiger partial charge in [0.2, 0.25) is 5.76 Å². The highest BCUT2D eigenvalue weighted by atomic mass is 16.5. The minimum Gasteiger partial charge on any atom is -0.493 e. The lowest BCUT2D eigenvalue weighted by molar-refractivity contribution is 0.0661. The van der Waals surface area contributed by atoms with Crippen LogP contribution in [0.5, 0.6) is 5.75 Å². The molecule has 1 aromatic heterocycles.